The number of rotatable bonds is 4. The van der Waals surface area contributed by atoms with Gasteiger partial charge in [-0.15, -0.1) is 12.4 Å². The van der Waals surface area contributed by atoms with Crippen molar-refractivity contribution in [3.05, 3.63) is 58.5 Å². The summed E-state index contributed by atoms with van der Waals surface area (Å²) in [5.74, 6) is 0.683. The Morgan fingerprint density at radius 2 is 2.00 bits per heavy atom. The van der Waals surface area contributed by atoms with Crippen LogP contribution in [0.1, 0.15) is 52.8 Å². The summed E-state index contributed by atoms with van der Waals surface area (Å²) in [6.07, 6.45) is 0.856. The number of amides is 1. The second-order valence-corrected chi connectivity index (χ2v) is 7.27. The first-order valence-electron chi connectivity index (χ1n) is 9.28. The molecule has 0 aliphatic carbocycles. The van der Waals surface area contributed by atoms with Crippen LogP contribution < -0.4 is 10.6 Å². The molecule has 0 spiro atoms. The van der Waals surface area contributed by atoms with Crippen LogP contribution in [0.5, 0.6) is 0 Å². The van der Waals surface area contributed by atoms with Crippen molar-refractivity contribution < 1.29 is 4.79 Å². The van der Waals surface area contributed by atoms with Gasteiger partial charge in [-0.25, -0.2) is 4.68 Å². The molecular formula is C20H25ClN6O. The third-order valence-electron chi connectivity index (χ3n) is 4.86. The van der Waals surface area contributed by atoms with Crippen molar-refractivity contribution in [2.75, 3.05) is 11.9 Å². The van der Waals surface area contributed by atoms with Crippen molar-refractivity contribution in [3.63, 3.8) is 0 Å². The van der Waals surface area contributed by atoms with E-state index in [4.69, 9.17) is 5.10 Å². The maximum Gasteiger partial charge on any atom is 0.277 e. The number of benzene rings is 1. The summed E-state index contributed by atoms with van der Waals surface area (Å²) < 4.78 is 1.78. The van der Waals surface area contributed by atoms with Crippen LogP contribution in [0.2, 0.25) is 0 Å². The summed E-state index contributed by atoms with van der Waals surface area (Å²) >= 11 is 0. The SMILES string of the molecule is Cc1ccc(-n2nc(C(C)C)cc2NC(=O)c2n[nH]c3c2CNCC3)cc1.Cl. The largest absolute Gasteiger partial charge is 0.312 e. The van der Waals surface area contributed by atoms with Crippen LogP contribution >= 0.6 is 12.4 Å². The van der Waals surface area contributed by atoms with E-state index in [1.807, 2.05) is 37.3 Å². The maximum atomic E-state index is 12.9. The maximum absolute atomic E-state index is 12.9. The summed E-state index contributed by atoms with van der Waals surface area (Å²) in [4.78, 5) is 12.9. The average molecular weight is 401 g/mol. The van der Waals surface area contributed by atoms with Gasteiger partial charge in [0, 0.05) is 36.8 Å². The number of aromatic amines is 1. The van der Waals surface area contributed by atoms with E-state index >= 15 is 0 Å². The number of hydrogen-bond acceptors (Lipinski definition) is 4. The molecule has 0 unspecified atom stereocenters. The summed E-state index contributed by atoms with van der Waals surface area (Å²) in [6.45, 7) is 7.77. The van der Waals surface area contributed by atoms with Crippen LogP contribution in [0.3, 0.4) is 0 Å². The Morgan fingerprint density at radius 3 is 2.71 bits per heavy atom. The third-order valence-corrected chi connectivity index (χ3v) is 4.86. The molecule has 1 aliphatic heterocycles. The molecule has 0 atom stereocenters. The Morgan fingerprint density at radius 1 is 1.25 bits per heavy atom. The van der Waals surface area contributed by atoms with Crippen molar-refractivity contribution in [1.82, 2.24) is 25.3 Å². The fourth-order valence-corrected chi connectivity index (χ4v) is 3.24. The van der Waals surface area contributed by atoms with E-state index in [1.165, 1.54) is 5.56 Å². The van der Waals surface area contributed by atoms with Gasteiger partial charge >= 0.3 is 0 Å². The average Bonchev–Trinajstić information content (AvgIpc) is 3.27. The van der Waals surface area contributed by atoms with Crippen molar-refractivity contribution >= 4 is 24.1 Å². The van der Waals surface area contributed by atoms with Crippen molar-refractivity contribution in [2.45, 2.75) is 39.7 Å². The first-order valence-corrected chi connectivity index (χ1v) is 9.28. The van der Waals surface area contributed by atoms with Crippen LogP contribution in [0.4, 0.5) is 5.82 Å². The Balaban J connectivity index is 0.00000225. The fraction of sp³-hybridized carbons (Fsp3) is 0.350. The van der Waals surface area contributed by atoms with Crippen molar-refractivity contribution in [3.8, 4) is 5.69 Å². The van der Waals surface area contributed by atoms with E-state index in [0.717, 1.165) is 35.6 Å². The molecule has 3 heterocycles. The molecule has 0 saturated carbocycles. The van der Waals surface area contributed by atoms with E-state index in [9.17, 15) is 4.79 Å². The van der Waals surface area contributed by atoms with Gasteiger partial charge in [0.05, 0.1) is 11.4 Å². The highest BCUT2D eigenvalue weighted by atomic mass is 35.5. The molecule has 1 amide bonds. The molecule has 1 aliphatic rings. The number of halogens is 1. The molecule has 0 saturated heterocycles. The molecule has 0 fully saturated rings. The van der Waals surface area contributed by atoms with E-state index in [0.29, 0.717) is 18.1 Å². The number of aryl methyl sites for hydroxylation is 1. The van der Waals surface area contributed by atoms with E-state index in [2.05, 4.69) is 34.7 Å². The second-order valence-electron chi connectivity index (χ2n) is 7.27. The molecule has 0 radical (unpaired) electrons. The molecule has 148 valence electrons. The van der Waals surface area contributed by atoms with Gasteiger partial charge in [0.2, 0.25) is 0 Å². The molecule has 4 rings (SSSR count). The predicted octanol–water partition coefficient (Wildman–Crippen LogP) is 3.35. The van der Waals surface area contributed by atoms with Gasteiger partial charge in [-0.3, -0.25) is 9.89 Å². The number of hydrogen-bond donors (Lipinski definition) is 3. The van der Waals surface area contributed by atoms with E-state index in [-0.39, 0.29) is 24.2 Å². The number of nitrogens with one attached hydrogen (secondary N) is 3. The first-order chi connectivity index (χ1) is 13.0. The zero-order valence-corrected chi connectivity index (χ0v) is 17.1. The Hall–Kier alpha value is -2.64. The molecular weight excluding hydrogens is 376 g/mol. The van der Waals surface area contributed by atoms with Crippen LogP contribution in [-0.2, 0) is 13.0 Å². The fourth-order valence-electron chi connectivity index (χ4n) is 3.24. The van der Waals surface area contributed by atoms with Crippen molar-refractivity contribution in [1.29, 1.82) is 0 Å². The minimum absolute atomic E-state index is 0. The number of H-pyrrole nitrogens is 1. The third kappa shape index (κ3) is 3.81. The number of carbonyl (C=O) groups is 1. The zero-order valence-electron chi connectivity index (χ0n) is 16.2. The monoisotopic (exact) mass is 400 g/mol. The van der Waals surface area contributed by atoms with Gasteiger partial charge in [-0.2, -0.15) is 10.2 Å². The highest BCUT2D eigenvalue weighted by Gasteiger charge is 2.23. The molecule has 3 aromatic rings. The lowest BCUT2D eigenvalue weighted by atomic mass is 10.1. The lowest BCUT2D eigenvalue weighted by Gasteiger charge is -2.13. The lowest BCUT2D eigenvalue weighted by Crippen LogP contribution is -2.25. The van der Waals surface area contributed by atoms with E-state index < -0.39 is 0 Å². The minimum atomic E-state index is -0.222. The zero-order chi connectivity index (χ0) is 19.0. The molecule has 7 nitrogen and oxygen atoms in total. The Bertz CT molecular complexity index is 973. The van der Waals surface area contributed by atoms with E-state index in [1.54, 1.807) is 4.68 Å². The van der Waals surface area contributed by atoms with Crippen LogP contribution in [0, 0.1) is 6.92 Å². The molecule has 1 aromatic carbocycles. The van der Waals surface area contributed by atoms with Crippen molar-refractivity contribution in [2.24, 2.45) is 0 Å². The molecule has 0 bridgehead atoms. The second kappa shape index (κ2) is 8.16. The number of carbonyl (C=O) groups excluding carboxylic acids is 1. The first kappa shape index (κ1) is 20.1. The minimum Gasteiger partial charge on any atom is -0.312 e. The normalized spacial score (nSPS) is 13.1. The quantitative estimate of drug-likeness (QED) is 0.626. The van der Waals surface area contributed by atoms with Gasteiger partial charge in [0.25, 0.3) is 5.91 Å². The highest BCUT2D eigenvalue weighted by Crippen LogP contribution is 2.24. The number of nitrogens with zero attached hydrogens (tertiary/aromatic N) is 3. The van der Waals surface area contributed by atoms with Gasteiger partial charge < -0.3 is 10.6 Å². The lowest BCUT2D eigenvalue weighted by molar-refractivity contribution is 0.102. The molecule has 3 N–H and O–H groups in total. The van der Waals surface area contributed by atoms with Gasteiger partial charge in [-0.1, -0.05) is 31.5 Å². The highest BCUT2D eigenvalue weighted by molar-refractivity contribution is 6.03. The summed E-state index contributed by atoms with van der Waals surface area (Å²) in [7, 11) is 0. The number of aromatic nitrogens is 4. The van der Waals surface area contributed by atoms with Gasteiger partial charge in [0.1, 0.15) is 5.82 Å². The standard InChI is InChI=1S/C20H24N6O.ClH/c1-12(2)17-10-18(26(25-17)14-6-4-13(3)5-7-14)22-20(27)19-15-11-21-9-8-16(15)23-24-19;/h4-7,10,12,21H,8-9,11H2,1-3H3,(H,22,27)(H,23,24);1H. The molecule has 28 heavy (non-hydrogen) atoms. The smallest absolute Gasteiger partial charge is 0.277 e. The topological polar surface area (TPSA) is 87.6 Å². The summed E-state index contributed by atoms with van der Waals surface area (Å²) in [6, 6.07) is 10.0. The summed E-state index contributed by atoms with van der Waals surface area (Å²) in [5.41, 5.74) is 5.44. The van der Waals surface area contributed by atoms with Crippen LogP contribution in [0.15, 0.2) is 30.3 Å². The number of fused-ring (bicyclic) bond motifs is 1. The Kier molecular flexibility index (Phi) is 5.86. The number of anilines is 1. The van der Waals surface area contributed by atoms with Gasteiger partial charge in [-0.05, 0) is 25.0 Å². The predicted molar refractivity (Wildman–Crippen MR) is 112 cm³/mol. The molecule has 8 heteroatoms. The van der Waals surface area contributed by atoms with Crippen LogP contribution in [-0.4, -0.2) is 32.4 Å². The Labute approximate surface area is 170 Å². The summed E-state index contributed by atoms with van der Waals surface area (Å²) in [5, 5.41) is 18.2. The van der Waals surface area contributed by atoms with Crippen LogP contribution in [0.25, 0.3) is 5.69 Å². The van der Waals surface area contributed by atoms with Gasteiger partial charge in [0.15, 0.2) is 5.69 Å². The molecule has 2 aromatic heterocycles.